The van der Waals surface area contributed by atoms with Gasteiger partial charge in [-0.15, -0.1) is 10.2 Å². The third-order valence-corrected chi connectivity index (χ3v) is 1.16. The van der Waals surface area contributed by atoms with Crippen molar-refractivity contribution in [1.29, 1.82) is 0 Å². The molecule has 60 valence electrons. The van der Waals surface area contributed by atoms with Crippen LogP contribution in [0.15, 0.2) is 9.64 Å². The summed E-state index contributed by atoms with van der Waals surface area (Å²) < 4.78 is 9.17. The summed E-state index contributed by atoms with van der Waals surface area (Å²) in [5, 5.41) is 7.10. The molecule has 0 fully saturated rings. The molecule has 6 heteroatoms. The number of hydrogen-bond donors (Lipinski definition) is 1. The van der Waals surface area contributed by atoms with E-state index in [0.29, 0.717) is 0 Å². The second kappa shape index (κ2) is 3.38. The first-order valence-corrected chi connectivity index (χ1v) is 3.25. The molecule has 0 aliphatic rings. The van der Waals surface area contributed by atoms with Gasteiger partial charge in [-0.05, 0) is 0 Å². The second-order valence-electron chi connectivity index (χ2n) is 1.73. The molecule has 0 saturated heterocycles. The van der Waals surface area contributed by atoms with E-state index in [-0.39, 0.29) is 17.5 Å². The number of nitrogens with zero attached hydrogens (tertiary/aromatic N) is 2. The molecule has 0 aliphatic carbocycles. The summed E-state index contributed by atoms with van der Waals surface area (Å²) in [7, 11) is 1.29. The predicted octanol–water partition coefficient (Wildman–Crippen LogP) is 0.0738. The lowest BCUT2D eigenvalue weighted by Crippen LogP contribution is -2.04. The van der Waals surface area contributed by atoms with E-state index in [1.807, 2.05) is 0 Å². The molecular weight excluding hydrogens is 168 g/mol. The number of carbonyl (C=O) groups excluding carboxylic acids is 1. The number of carbonyl (C=O) groups is 1. The lowest BCUT2D eigenvalue weighted by atomic mass is 10.4. The van der Waals surface area contributed by atoms with Gasteiger partial charge >= 0.3 is 5.97 Å². The molecule has 1 aromatic rings. The van der Waals surface area contributed by atoms with Crippen molar-refractivity contribution in [3.8, 4) is 0 Å². The highest BCUT2D eigenvalue weighted by molar-refractivity contribution is 7.80. The van der Waals surface area contributed by atoms with Crippen LogP contribution >= 0.6 is 12.6 Å². The summed E-state index contributed by atoms with van der Waals surface area (Å²) in [6.07, 6.45) is -0.00986. The van der Waals surface area contributed by atoms with Crippen LogP contribution in [0, 0.1) is 0 Å². The Kier molecular flexibility index (Phi) is 2.48. The van der Waals surface area contributed by atoms with E-state index in [9.17, 15) is 4.79 Å². The fourth-order valence-corrected chi connectivity index (χ4v) is 0.662. The van der Waals surface area contributed by atoms with Crippen LogP contribution in [-0.4, -0.2) is 23.3 Å². The first-order valence-electron chi connectivity index (χ1n) is 2.80. The van der Waals surface area contributed by atoms with Crippen LogP contribution in [0.5, 0.6) is 0 Å². The summed E-state index contributed by atoms with van der Waals surface area (Å²) in [6.45, 7) is 0. The lowest BCUT2D eigenvalue weighted by molar-refractivity contribution is -0.140. The van der Waals surface area contributed by atoms with Gasteiger partial charge in [-0.1, -0.05) is 12.6 Å². The average molecular weight is 174 g/mol. The predicted molar refractivity (Wildman–Crippen MR) is 37.3 cm³/mol. The summed E-state index contributed by atoms with van der Waals surface area (Å²) in [5.74, 6) is -0.205. The Morgan fingerprint density at radius 2 is 2.45 bits per heavy atom. The van der Waals surface area contributed by atoms with Gasteiger partial charge in [0.15, 0.2) is 0 Å². The van der Waals surface area contributed by atoms with E-state index in [1.54, 1.807) is 0 Å². The number of hydrogen-bond acceptors (Lipinski definition) is 6. The maximum absolute atomic E-state index is 10.6. The van der Waals surface area contributed by atoms with Crippen LogP contribution in [0.4, 0.5) is 0 Å². The Hall–Kier alpha value is -1.04. The van der Waals surface area contributed by atoms with Gasteiger partial charge in [0.1, 0.15) is 6.42 Å². The Bertz CT molecular complexity index is 260. The lowest BCUT2D eigenvalue weighted by Gasteiger charge is -1.91. The summed E-state index contributed by atoms with van der Waals surface area (Å²) >= 11 is 3.76. The van der Waals surface area contributed by atoms with E-state index < -0.39 is 5.97 Å². The van der Waals surface area contributed by atoms with Crippen molar-refractivity contribution in [2.45, 2.75) is 11.6 Å². The van der Waals surface area contributed by atoms with Crippen LogP contribution in [0.2, 0.25) is 0 Å². The van der Waals surface area contributed by atoms with Crippen molar-refractivity contribution in [3.05, 3.63) is 5.89 Å². The highest BCUT2D eigenvalue weighted by atomic mass is 32.1. The standard InChI is InChI=1S/C5H6N2O3S/c1-9-4(8)2-3-6-7-5(11)10-3/h2H2,1H3,(H,7,11). The molecule has 0 unspecified atom stereocenters. The highest BCUT2D eigenvalue weighted by Gasteiger charge is 2.08. The van der Waals surface area contributed by atoms with Gasteiger partial charge in [0.25, 0.3) is 5.22 Å². The highest BCUT2D eigenvalue weighted by Crippen LogP contribution is 2.03. The molecule has 0 atom stereocenters. The molecule has 0 radical (unpaired) electrons. The van der Waals surface area contributed by atoms with Crippen molar-refractivity contribution in [2.75, 3.05) is 7.11 Å². The summed E-state index contributed by atoms with van der Waals surface area (Å²) in [5.41, 5.74) is 0. The van der Waals surface area contributed by atoms with Gasteiger partial charge in [0.2, 0.25) is 5.89 Å². The third kappa shape index (κ3) is 2.23. The van der Waals surface area contributed by atoms with Crippen LogP contribution in [0.25, 0.3) is 0 Å². The topological polar surface area (TPSA) is 65.2 Å². The van der Waals surface area contributed by atoms with E-state index in [0.717, 1.165) is 0 Å². The van der Waals surface area contributed by atoms with Gasteiger partial charge in [-0.2, -0.15) is 0 Å². The molecule has 0 aromatic carbocycles. The molecule has 1 heterocycles. The average Bonchev–Trinajstić information content (AvgIpc) is 2.35. The first-order chi connectivity index (χ1) is 5.22. The quantitative estimate of drug-likeness (QED) is 0.508. The van der Waals surface area contributed by atoms with Gasteiger partial charge in [-0.25, -0.2) is 0 Å². The van der Waals surface area contributed by atoms with Gasteiger partial charge in [0, 0.05) is 0 Å². The molecular formula is C5H6N2O3S. The minimum absolute atomic E-state index is 0.00986. The van der Waals surface area contributed by atoms with Crippen molar-refractivity contribution in [3.63, 3.8) is 0 Å². The number of ether oxygens (including phenoxy) is 1. The molecule has 1 aromatic heterocycles. The fraction of sp³-hybridized carbons (Fsp3) is 0.400. The Morgan fingerprint density at radius 1 is 1.73 bits per heavy atom. The zero-order valence-corrected chi connectivity index (χ0v) is 6.67. The van der Waals surface area contributed by atoms with E-state index >= 15 is 0 Å². The monoisotopic (exact) mass is 174 g/mol. The molecule has 0 bridgehead atoms. The van der Waals surface area contributed by atoms with E-state index in [1.165, 1.54) is 7.11 Å². The molecule has 0 aliphatic heterocycles. The molecule has 5 nitrogen and oxygen atoms in total. The maximum Gasteiger partial charge on any atom is 0.315 e. The Balaban J connectivity index is 2.57. The van der Waals surface area contributed by atoms with E-state index in [4.69, 9.17) is 4.42 Å². The van der Waals surface area contributed by atoms with Crippen molar-refractivity contribution in [1.82, 2.24) is 10.2 Å². The van der Waals surface area contributed by atoms with Crippen molar-refractivity contribution >= 4 is 18.6 Å². The van der Waals surface area contributed by atoms with Crippen molar-refractivity contribution in [2.24, 2.45) is 0 Å². The minimum atomic E-state index is -0.415. The molecule has 0 spiro atoms. The molecule has 0 N–H and O–H groups in total. The normalized spacial score (nSPS) is 9.64. The third-order valence-electron chi connectivity index (χ3n) is 0.979. The number of aromatic nitrogens is 2. The Morgan fingerprint density at radius 3 is 2.91 bits per heavy atom. The smallest absolute Gasteiger partial charge is 0.315 e. The van der Waals surface area contributed by atoms with Crippen LogP contribution in [0.1, 0.15) is 5.89 Å². The van der Waals surface area contributed by atoms with Crippen molar-refractivity contribution < 1.29 is 13.9 Å². The SMILES string of the molecule is COC(=O)Cc1nnc(S)o1. The van der Waals surface area contributed by atoms with Crippen LogP contribution < -0.4 is 0 Å². The van der Waals surface area contributed by atoms with Crippen LogP contribution in [-0.2, 0) is 16.0 Å². The molecule has 1 rings (SSSR count). The maximum atomic E-state index is 10.6. The fourth-order valence-electron chi connectivity index (χ4n) is 0.512. The molecule has 11 heavy (non-hydrogen) atoms. The molecule has 0 amide bonds. The zero-order chi connectivity index (χ0) is 8.27. The number of thiol groups is 1. The summed E-state index contributed by atoms with van der Waals surface area (Å²) in [4.78, 5) is 10.6. The first kappa shape index (κ1) is 8.06. The Labute approximate surface area is 68.2 Å². The van der Waals surface area contributed by atoms with Gasteiger partial charge in [-0.3, -0.25) is 4.79 Å². The number of methoxy groups -OCH3 is 1. The summed E-state index contributed by atoms with van der Waals surface area (Å²) in [6, 6.07) is 0. The largest absolute Gasteiger partial charge is 0.469 e. The van der Waals surface area contributed by atoms with Crippen LogP contribution in [0.3, 0.4) is 0 Å². The second-order valence-corrected chi connectivity index (χ2v) is 2.11. The number of rotatable bonds is 2. The molecule has 0 saturated carbocycles. The zero-order valence-electron chi connectivity index (χ0n) is 5.77. The van der Waals surface area contributed by atoms with E-state index in [2.05, 4.69) is 27.6 Å². The number of esters is 1. The minimum Gasteiger partial charge on any atom is -0.469 e. The van der Waals surface area contributed by atoms with Gasteiger partial charge in [0.05, 0.1) is 7.11 Å². The van der Waals surface area contributed by atoms with Gasteiger partial charge < -0.3 is 9.15 Å².